The molecule has 1 aliphatic carbocycles. The van der Waals surface area contributed by atoms with Crippen molar-refractivity contribution in [1.29, 1.82) is 0 Å². The van der Waals surface area contributed by atoms with Crippen LogP contribution in [-0.4, -0.2) is 26.9 Å². The molecule has 2 N–H and O–H groups in total. The van der Waals surface area contributed by atoms with Gasteiger partial charge in [0.2, 0.25) is 15.9 Å². The van der Waals surface area contributed by atoms with Crippen molar-refractivity contribution in [3.63, 3.8) is 0 Å². The van der Waals surface area contributed by atoms with Gasteiger partial charge in [-0.3, -0.25) is 4.79 Å². The van der Waals surface area contributed by atoms with Gasteiger partial charge in [0.15, 0.2) is 0 Å². The minimum atomic E-state index is -3.72. The minimum absolute atomic E-state index is 0.00951. The van der Waals surface area contributed by atoms with Crippen LogP contribution >= 0.6 is 0 Å². The van der Waals surface area contributed by atoms with E-state index in [-0.39, 0.29) is 29.8 Å². The van der Waals surface area contributed by atoms with Gasteiger partial charge in [-0.25, -0.2) is 17.5 Å². The number of carbonyl (C=O) groups excluding carboxylic acids is 1. The van der Waals surface area contributed by atoms with Crippen LogP contribution in [0.3, 0.4) is 0 Å². The number of benzene rings is 1. The summed E-state index contributed by atoms with van der Waals surface area (Å²) >= 11 is 0. The molecule has 1 aromatic rings. The molecule has 140 valence electrons. The molecule has 0 saturated heterocycles. The fraction of sp³-hybridized carbons (Fsp3) is 0.611. The van der Waals surface area contributed by atoms with E-state index in [1.54, 1.807) is 0 Å². The van der Waals surface area contributed by atoms with Crippen molar-refractivity contribution in [3.05, 3.63) is 30.1 Å². The fourth-order valence-corrected chi connectivity index (χ4v) is 4.35. The van der Waals surface area contributed by atoms with E-state index in [9.17, 15) is 17.6 Å². The molecule has 2 rings (SSSR count). The summed E-state index contributed by atoms with van der Waals surface area (Å²) in [7, 11) is -3.72. The predicted molar refractivity (Wildman–Crippen MR) is 95.0 cm³/mol. The number of amides is 1. The Labute approximate surface area is 149 Å². The van der Waals surface area contributed by atoms with Crippen molar-refractivity contribution in [2.75, 3.05) is 6.54 Å². The van der Waals surface area contributed by atoms with Gasteiger partial charge < -0.3 is 5.32 Å². The van der Waals surface area contributed by atoms with Crippen LogP contribution < -0.4 is 10.0 Å². The lowest BCUT2D eigenvalue weighted by Gasteiger charge is -2.21. The molecule has 0 aliphatic heterocycles. The van der Waals surface area contributed by atoms with Gasteiger partial charge in [0.25, 0.3) is 0 Å². The standard InChI is InChI=1S/C18H27FN2O3S/c1-2-3-5-14-6-4-7-17(14)21-18(22)12-13-20-25(23,24)16-10-8-15(19)9-11-16/h8-11,14,17,20H,2-7,12-13H2,1H3,(H,21,22). The van der Waals surface area contributed by atoms with Crippen LogP contribution in [0.2, 0.25) is 0 Å². The molecular weight excluding hydrogens is 343 g/mol. The number of hydrogen-bond acceptors (Lipinski definition) is 3. The second kappa shape index (κ2) is 9.29. The van der Waals surface area contributed by atoms with E-state index in [4.69, 9.17) is 0 Å². The summed E-state index contributed by atoms with van der Waals surface area (Å²) in [6.07, 6.45) is 6.85. The van der Waals surface area contributed by atoms with Gasteiger partial charge in [-0.15, -0.1) is 0 Å². The molecule has 5 nitrogen and oxygen atoms in total. The van der Waals surface area contributed by atoms with Crippen molar-refractivity contribution >= 4 is 15.9 Å². The lowest BCUT2D eigenvalue weighted by atomic mass is 9.97. The van der Waals surface area contributed by atoms with Crippen LogP contribution in [0.15, 0.2) is 29.2 Å². The molecule has 1 saturated carbocycles. The number of nitrogens with one attached hydrogen (secondary N) is 2. The maximum absolute atomic E-state index is 12.9. The summed E-state index contributed by atoms with van der Waals surface area (Å²) in [5.41, 5.74) is 0. The molecule has 2 unspecified atom stereocenters. The Morgan fingerprint density at radius 3 is 2.64 bits per heavy atom. The highest BCUT2D eigenvalue weighted by Crippen LogP contribution is 2.29. The van der Waals surface area contributed by atoms with Gasteiger partial charge in [0.1, 0.15) is 5.82 Å². The van der Waals surface area contributed by atoms with E-state index in [0.717, 1.165) is 44.2 Å². The van der Waals surface area contributed by atoms with E-state index in [2.05, 4.69) is 17.0 Å². The Hall–Kier alpha value is -1.47. The molecule has 0 spiro atoms. The molecule has 0 bridgehead atoms. The molecule has 1 amide bonds. The molecule has 0 radical (unpaired) electrons. The first-order valence-corrected chi connectivity index (χ1v) is 10.5. The maximum atomic E-state index is 12.9. The summed E-state index contributed by atoms with van der Waals surface area (Å²) in [5, 5.41) is 3.05. The molecular formula is C18H27FN2O3S. The van der Waals surface area contributed by atoms with E-state index < -0.39 is 15.8 Å². The first-order valence-electron chi connectivity index (χ1n) is 8.97. The smallest absolute Gasteiger partial charge is 0.240 e. The normalized spacial score (nSPS) is 20.6. The molecule has 25 heavy (non-hydrogen) atoms. The summed E-state index contributed by atoms with van der Waals surface area (Å²) in [6, 6.07) is 4.81. The Kier molecular flexibility index (Phi) is 7.38. The van der Waals surface area contributed by atoms with E-state index in [1.165, 1.54) is 18.6 Å². The van der Waals surface area contributed by atoms with Gasteiger partial charge in [-0.05, 0) is 49.4 Å². The van der Waals surface area contributed by atoms with Crippen molar-refractivity contribution in [2.24, 2.45) is 5.92 Å². The van der Waals surface area contributed by atoms with Crippen molar-refractivity contribution in [3.8, 4) is 0 Å². The van der Waals surface area contributed by atoms with Crippen LogP contribution in [0.25, 0.3) is 0 Å². The minimum Gasteiger partial charge on any atom is -0.353 e. The lowest BCUT2D eigenvalue weighted by Crippen LogP contribution is -2.39. The number of sulfonamides is 1. The Balaban J connectivity index is 1.77. The third-order valence-electron chi connectivity index (χ3n) is 4.70. The summed E-state index contributed by atoms with van der Waals surface area (Å²) < 4.78 is 39.4. The van der Waals surface area contributed by atoms with Gasteiger partial charge in [0.05, 0.1) is 4.90 Å². The van der Waals surface area contributed by atoms with Crippen molar-refractivity contribution in [2.45, 2.75) is 62.8 Å². The number of halogens is 1. The molecule has 1 fully saturated rings. The summed E-state index contributed by atoms with van der Waals surface area (Å²) in [6.45, 7) is 2.19. The van der Waals surface area contributed by atoms with E-state index in [0.29, 0.717) is 5.92 Å². The first kappa shape index (κ1) is 19.8. The number of unbranched alkanes of at least 4 members (excludes halogenated alkanes) is 1. The highest BCUT2D eigenvalue weighted by Gasteiger charge is 2.27. The molecule has 0 aromatic heterocycles. The van der Waals surface area contributed by atoms with Gasteiger partial charge >= 0.3 is 0 Å². The lowest BCUT2D eigenvalue weighted by molar-refractivity contribution is -0.121. The average Bonchev–Trinajstić information content (AvgIpc) is 3.00. The maximum Gasteiger partial charge on any atom is 0.240 e. The van der Waals surface area contributed by atoms with Crippen LogP contribution in [-0.2, 0) is 14.8 Å². The van der Waals surface area contributed by atoms with Gasteiger partial charge in [-0.1, -0.05) is 26.2 Å². The largest absolute Gasteiger partial charge is 0.353 e. The zero-order valence-electron chi connectivity index (χ0n) is 14.6. The van der Waals surface area contributed by atoms with Crippen LogP contribution in [0.5, 0.6) is 0 Å². The second-order valence-electron chi connectivity index (χ2n) is 6.61. The third-order valence-corrected chi connectivity index (χ3v) is 6.18. The number of carbonyl (C=O) groups is 1. The summed E-state index contributed by atoms with van der Waals surface area (Å²) in [4.78, 5) is 12.1. The van der Waals surface area contributed by atoms with E-state index >= 15 is 0 Å². The SMILES string of the molecule is CCCCC1CCCC1NC(=O)CCNS(=O)(=O)c1ccc(F)cc1. The van der Waals surface area contributed by atoms with E-state index in [1.807, 2.05) is 0 Å². The number of hydrogen-bond donors (Lipinski definition) is 2. The molecule has 2 atom stereocenters. The first-order chi connectivity index (χ1) is 11.9. The Morgan fingerprint density at radius 1 is 1.24 bits per heavy atom. The Morgan fingerprint density at radius 2 is 1.96 bits per heavy atom. The average molecular weight is 370 g/mol. The summed E-state index contributed by atoms with van der Waals surface area (Å²) in [5.74, 6) is -0.0810. The third kappa shape index (κ3) is 6.08. The van der Waals surface area contributed by atoms with Crippen LogP contribution in [0.1, 0.15) is 51.9 Å². The van der Waals surface area contributed by atoms with Crippen molar-refractivity contribution in [1.82, 2.24) is 10.0 Å². The highest BCUT2D eigenvalue weighted by molar-refractivity contribution is 7.89. The molecule has 1 aliphatic rings. The Bertz CT molecular complexity index is 661. The van der Waals surface area contributed by atoms with Crippen LogP contribution in [0.4, 0.5) is 4.39 Å². The molecule has 0 heterocycles. The predicted octanol–water partition coefficient (Wildman–Crippen LogP) is 2.97. The van der Waals surface area contributed by atoms with Crippen LogP contribution in [0, 0.1) is 11.7 Å². The monoisotopic (exact) mass is 370 g/mol. The molecule has 1 aromatic carbocycles. The van der Waals surface area contributed by atoms with Crippen molar-refractivity contribution < 1.29 is 17.6 Å². The fourth-order valence-electron chi connectivity index (χ4n) is 3.31. The highest BCUT2D eigenvalue weighted by atomic mass is 32.2. The molecule has 7 heteroatoms. The number of rotatable bonds is 9. The second-order valence-corrected chi connectivity index (χ2v) is 8.38. The zero-order valence-corrected chi connectivity index (χ0v) is 15.4. The zero-order chi connectivity index (χ0) is 18.3. The quantitative estimate of drug-likeness (QED) is 0.702. The van der Waals surface area contributed by atoms with Gasteiger partial charge in [0, 0.05) is 19.0 Å². The van der Waals surface area contributed by atoms with Gasteiger partial charge in [-0.2, -0.15) is 0 Å². The topological polar surface area (TPSA) is 75.3 Å².